The maximum atomic E-state index is 12.1. The van der Waals surface area contributed by atoms with Gasteiger partial charge in [-0.1, -0.05) is 6.42 Å². The molecule has 0 saturated carbocycles. The number of carbonyl (C=O) groups excluding carboxylic acids is 1. The molecule has 2 saturated heterocycles. The number of ether oxygens (including phenoxy) is 2. The van der Waals surface area contributed by atoms with Crippen molar-refractivity contribution in [3.63, 3.8) is 0 Å². The zero-order valence-corrected chi connectivity index (χ0v) is 14.4. The molecule has 2 fully saturated rings. The molecule has 3 heterocycles. The molecule has 7 heteroatoms. The molecule has 7 nitrogen and oxygen atoms in total. The Kier molecular flexibility index (Phi) is 5.73. The average molecular weight is 337 g/mol. The van der Waals surface area contributed by atoms with Gasteiger partial charge in [-0.3, -0.25) is 9.69 Å². The van der Waals surface area contributed by atoms with E-state index in [2.05, 4.69) is 15.4 Å². The summed E-state index contributed by atoms with van der Waals surface area (Å²) in [5.74, 6) is 0.884. The maximum absolute atomic E-state index is 12.1. The molecule has 0 radical (unpaired) electrons. The van der Waals surface area contributed by atoms with Gasteiger partial charge in [-0.25, -0.2) is 0 Å². The summed E-state index contributed by atoms with van der Waals surface area (Å²) < 4.78 is 15.8. The lowest BCUT2D eigenvalue weighted by Gasteiger charge is -2.48. The van der Waals surface area contributed by atoms with Crippen molar-refractivity contribution in [3.8, 4) is 5.88 Å². The highest BCUT2D eigenvalue weighted by Gasteiger charge is 2.39. The van der Waals surface area contributed by atoms with E-state index >= 15 is 0 Å². The molecule has 0 bridgehead atoms. The van der Waals surface area contributed by atoms with Gasteiger partial charge in [-0.15, -0.1) is 0 Å². The first-order valence-electron chi connectivity index (χ1n) is 8.84. The molecule has 1 aromatic rings. The molecule has 0 spiro atoms. The molecule has 0 aliphatic carbocycles. The van der Waals surface area contributed by atoms with Crippen molar-refractivity contribution in [2.45, 2.75) is 44.6 Å². The van der Waals surface area contributed by atoms with Crippen LogP contribution in [0.1, 0.15) is 37.9 Å². The van der Waals surface area contributed by atoms with Gasteiger partial charge in [0.25, 0.3) is 11.8 Å². The van der Waals surface area contributed by atoms with Crippen molar-refractivity contribution >= 4 is 5.91 Å². The number of amides is 1. The Balaban J connectivity index is 1.51. The minimum atomic E-state index is -0.126. The third-order valence-corrected chi connectivity index (χ3v) is 5.02. The van der Waals surface area contributed by atoms with Crippen molar-refractivity contribution in [3.05, 3.63) is 11.8 Å². The predicted molar refractivity (Wildman–Crippen MR) is 88.0 cm³/mol. The number of nitrogens with one attached hydrogen (secondary N) is 1. The Labute approximate surface area is 142 Å². The van der Waals surface area contributed by atoms with Gasteiger partial charge >= 0.3 is 0 Å². The third-order valence-electron chi connectivity index (χ3n) is 5.02. The topological polar surface area (TPSA) is 76.8 Å². The van der Waals surface area contributed by atoms with Gasteiger partial charge in [-0.2, -0.15) is 0 Å². The van der Waals surface area contributed by atoms with Crippen LogP contribution in [0.5, 0.6) is 5.88 Å². The fraction of sp³-hybridized carbons (Fsp3) is 0.765. The minimum absolute atomic E-state index is 0.0266. The highest BCUT2D eigenvalue weighted by Crippen LogP contribution is 2.30. The Morgan fingerprint density at radius 3 is 2.75 bits per heavy atom. The second-order valence-electron chi connectivity index (χ2n) is 6.73. The molecule has 1 amide bonds. The monoisotopic (exact) mass is 337 g/mol. The Morgan fingerprint density at radius 1 is 1.33 bits per heavy atom. The van der Waals surface area contributed by atoms with Gasteiger partial charge in [0.05, 0.1) is 0 Å². The number of hydrogen-bond acceptors (Lipinski definition) is 6. The highest BCUT2D eigenvalue weighted by atomic mass is 16.5. The van der Waals surface area contributed by atoms with Crippen LogP contribution < -0.4 is 10.1 Å². The van der Waals surface area contributed by atoms with E-state index in [-0.39, 0.29) is 18.1 Å². The summed E-state index contributed by atoms with van der Waals surface area (Å²) in [6.07, 6.45) is 5.73. The number of likely N-dealkylation sites (tertiary alicyclic amines) is 1. The largest absolute Gasteiger partial charge is 0.465 e. The van der Waals surface area contributed by atoms with Crippen LogP contribution in [0.25, 0.3) is 0 Å². The molecule has 2 aliphatic rings. The molecule has 0 aromatic carbocycles. The molecule has 1 N–H and O–H groups in total. The molecular weight excluding hydrogens is 310 g/mol. The normalized spacial score (nSPS) is 21.4. The van der Waals surface area contributed by atoms with Crippen molar-refractivity contribution in [2.75, 3.05) is 39.5 Å². The quantitative estimate of drug-likeness (QED) is 0.848. The number of rotatable bonds is 6. The van der Waals surface area contributed by atoms with Crippen LogP contribution in [0, 0.1) is 6.92 Å². The molecule has 0 unspecified atom stereocenters. The molecule has 134 valence electrons. The van der Waals surface area contributed by atoms with E-state index in [1.54, 1.807) is 13.0 Å². The summed E-state index contributed by atoms with van der Waals surface area (Å²) >= 11 is 0. The first kappa shape index (κ1) is 17.2. The van der Waals surface area contributed by atoms with Crippen LogP contribution in [-0.4, -0.2) is 61.0 Å². The lowest BCUT2D eigenvalue weighted by molar-refractivity contribution is -0.124. The summed E-state index contributed by atoms with van der Waals surface area (Å²) in [5, 5.41) is 6.77. The molecule has 3 rings (SSSR count). The van der Waals surface area contributed by atoms with Crippen LogP contribution in [0.3, 0.4) is 0 Å². The first-order valence-corrected chi connectivity index (χ1v) is 8.84. The predicted octanol–water partition coefficient (Wildman–Crippen LogP) is 1.51. The Morgan fingerprint density at radius 2 is 2.08 bits per heavy atom. The van der Waals surface area contributed by atoms with Gasteiger partial charge in [0.1, 0.15) is 5.76 Å². The molecule has 1 aromatic heterocycles. The van der Waals surface area contributed by atoms with Crippen LogP contribution in [0.4, 0.5) is 0 Å². The van der Waals surface area contributed by atoms with E-state index in [0.717, 1.165) is 39.1 Å². The molecular formula is C17H27N3O4. The molecule has 0 atom stereocenters. The Hall–Kier alpha value is -1.60. The second kappa shape index (κ2) is 7.98. The van der Waals surface area contributed by atoms with E-state index in [0.29, 0.717) is 18.2 Å². The van der Waals surface area contributed by atoms with Gasteiger partial charge in [0.2, 0.25) is 0 Å². The van der Waals surface area contributed by atoms with E-state index < -0.39 is 0 Å². The van der Waals surface area contributed by atoms with E-state index in [9.17, 15) is 4.79 Å². The summed E-state index contributed by atoms with van der Waals surface area (Å²) in [4.78, 5) is 14.7. The van der Waals surface area contributed by atoms with Gasteiger partial charge < -0.3 is 19.3 Å². The van der Waals surface area contributed by atoms with Crippen molar-refractivity contribution in [1.29, 1.82) is 0 Å². The fourth-order valence-electron chi connectivity index (χ4n) is 3.59. The summed E-state index contributed by atoms with van der Waals surface area (Å²) in [5.41, 5.74) is 0.0266. The number of piperidine rings is 1. The molecule has 2 aliphatic heterocycles. The fourth-order valence-corrected chi connectivity index (χ4v) is 3.59. The zero-order chi connectivity index (χ0) is 16.8. The van der Waals surface area contributed by atoms with E-state index in [1.165, 1.54) is 19.3 Å². The number of carbonyl (C=O) groups is 1. The lowest BCUT2D eigenvalue weighted by atomic mass is 9.86. The third kappa shape index (κ3) is 4.27. The van der Waals surface area contributed by atoms with E-state index in [1.807, 2.05) is 0 Å². The standard InChI is InChI=1S/C17H27N3O4/c1-14-11-16(19-24-14)23-12-15(21)18-13-17(5-9-22-10-6-17)20-7-3-2-4-8-20/h11H,2-10,12-13H2,1H3,(H,18,21). The smallest absolute Gasteiger partial charge is 0.258 e. The number of nitrogens with zero attached hydrogens (tertiary/aromatic N) is 2. The number of hydrogen-bond donors (Lipinski definition) is 1. The number of aromatic nitrogens is 1. The van der Waals surface area contributed by atoms with Crippen LogP contribution in [0.2, 0.25) is 0 Å². The van der Waals surface area contributed by atoms with Crippen molar-refractivity contribution < 1.29 is 18.8 Å². The maximum Gasteiger partial charge on any atom is 0.258 e. The van der Waals surface area contributed by atoms with Crippen LogP contribution in [-0.2, 0) is 9.53 Å². The van der Waals surface area contributed by atoms with Crippen LogP contribution in [0.15, 0.2) is 10.6 Å². The van der Waals surface area contributed by atoms with E-state index in [4.69, 9.17) is 14.0 Å². The van der Waals surface area contributed by atoms with Gasteiger partial charge in [-0.05, 0) is 50.9 Å². The first-order chi connectivity index (χ1) is 11.7. The number of aryl methyl sites for hydroxylation is 1. The highest BCUT2D eigenvalue weighted by molar-refractivity contribution is 5.77. The van der Waals surface area contributed by atoms with Crippen molar-refractivity contribution in [1.82, 2.24) is 15.4 Å². The van der Waals surface area contributed by atoms with Crippen LogP contribution >= 0.6 is 0 Å². The average Bonchev–Trinajstić information content (AvgIpc) is 3.05. The second-order valence-corrected chi connectivity index (χ2v) is 6.73. The summed E-state index contributed by atoms with van der Waals surface area (Å²) in [6.45, 7) is 6.15. The van der Waals surface area contributed by atoms with Gasteiger partial charge in [0, 0.05) is 31.4 Å². The SMILES string of the molecule is Cc1cc(OCC(=O)NCC2(N3CCCCC3)CCOCC2)no1. The zero-order valence-electron chi connectivity index (χ0n) is 14.4. The molecule has 24 heavy (non-hydrogen) atoms. The van der Waals surface area contributed by atoms with Gasteiger partial charge in [0.15, 0.2) is 6.61 Å². The Bertz CT molecular complexity index is 534. The minimum Gasteiger partial charge on any atom is -0.465 e. The summed E-state index contributed by atoms with van der Waals surface area (Å²) in [7, 11) is 0. The summed E-state index contributed by atoms with van der Waals surface area (Å²) in [6, 6.07) is 1.67. The lowest BCUT2D eigenvalue weighted by Crippen LogP contribution is -2.59. The van der Waals surface area contributed by atoms with Crippen molar-refractivity contribution in [2.24, 2.45) is 0 Å².